The first-order valence-corrected chi connectivity index (χ1v) is 11.6. The molecule has 32 heavy (non-hydrogen) atoms. The molecule has 4 rings (SSSR count). The van der Waals surface area contributed by atoms with E-state index >= 15 is 0 Å². The molecule has 0 atom stereocenters. The van der Waals surface area contributed by atoms with Crippen molar-refractivity contribution in [1.82, 2.24) is 20.1 Å². The molecule has 0 aliphatic carbocycles. The first-order valence-electron chi connectivity index (χ1n) is 10.6. The van der Waals surface area contributed by atoms with E-state index in [2.05, 4.69) is 15.2 Å². The summed E-state index contributed by atoms with van der Waals surface area (Å²) in [6.45, 7) is 4.26. The molecule has 1 fully saturated rings. The molecule has 1 N–H and O–H groups in total. The van der Waals surface area contributed by atoms with Crippen LogP contribution in [0.1, 0.15) is 21.7 Å². The number of pyridine rings is 1. The number of piperazine rings is 1. The SMILES string of the molecule is O=C(CSc1ccccc1C(=O)N1CCN(Cc2ccncc2)CC1)NCc1ccco1. The van der Waals surface area contributed by atoms with E-state index in [1.165, 1.54) is 17.3 Å². The topological polar surface area (TPSA) is 78.7 Å². The van der Waals surface area contributed by atoms with E-state index in [4.69, 9.17) is 4.42 Å². The van der Waals surface area contributed by atoms with Crippen LogP contribution in [0.3, 0.4) is 0 Å². The van der Waals surface area contributed by atoms with Crippen LogP contribution >= 0.6 is 11.8 Å². The lowest BCUT2D eigenvalue weighted by Crippen LogP contribution is -2.48. The van der Waals surface area contributed by atoms with Gasteiger partial charge in [0, 0.05) is 50.0 Å². The Morgan fingerprint density at radius 1 is 1.00 bits per heavy atom. The van der Waals surface area contributed by atoms with Gasteiger partial charge in [0.15, 0.2) is 0 Å². The van der Waals surface area contributed by atoms with Gasteiger partial charge in [-0.05, 0) is 42.0 Å². The van der Waals surface area contributed by atoms with Gasteiger partial charge in [0.1, 0.15) is 5.76 Å². The van der Waals surface area contributed by atoms with Gasteiger partial charge < -0.3 is 14.6 Å². The van der Waals surface area contributed by atoms with Crippen molar-refractivity contribution in [2.24, 2.45) is 0 Å². The van der Waals surface area contributed by atoms with Gasteiger partial charge in [0.25, 0.3) is 5.91 Å². The molecular weight excluding hydrogens is 424 g/mol. The highest BCUT2D eigenvalue weighted by atomic mass is 32.2. The number of aromatic nitrogens is 1. The van der Waals surface area contributed by atoms with Gasteiger partial charge in [-0.25, -0.2) is 0 Å². The Balaban J connectivity index is 1.29. The molecule has 3 heterocycles. The Bertz CT molecular complexity index is 1020. The minimum atomic E-state index is -0.0987. The minimum Gasteiger partial charge on any atom is -0.467 e. The zero-order chi connectivity index (χ0) is 22.2. The van der Waals surface area contributed by atoms with Gasteiger partial charge >= 0.3 is 0 Å². The molecule has 2 amide bonds. The molecule has 0 saturated carbocycles. The smallest absolute Gasteiger partial charge is 0.255 e. The maximum Gasteiger partial charge on any atom is 0.255 e. The number of benzene rings is 1. The summed E-state index contributed by atoms with van der Waals surface area (Å²) in [6, 6.07) is 15.2. The molecular formula is C24H26N4O3S. The van der Waals surface area contributed by atoms with E-state index in [0.29, 0.717) is 31.0 Å². The number of rotatable bonds is 8. The number of nitrogens with one attached hydrogen (secondary N) is 1. The average molecular weight is 451 g/mol. The lowest BCUT2D eigenvalue weighted by Gasteiger charge is -2.35. The fraction of sp³-hybridized carbons (Fsp3) is 0.292. The Morgan fingerprint density at radius 3 is 2.53 bits per heavy atom. The lowest BCUT2D eigenvalue weighted by atomic mass is 10.1. The maximum absolute atomic E-state index is 13.2. The highest BCUT2D eigenvalue weighted by molar-refractivity contribution is 8.00. The van der Waals surface area contributed by atoms with E-state index in [-0.39, 0.29) is 17.6 Å². The molecule has 166 valence electrons. The van der Waals surface area contributed by atoms with Crippen LogP contribution in [-0.4, -0.2) is 58.5 Å². The van der Waals surface area contributed by atoms with Crippen molar-refractivity contribution in [2.75, 3.05) is 31.9 Å². The van der Waals surface area contributed by atoms with Crippen molar-refractivity contribution in [3.8, 4) is 0 Å². The van der Waals surface area contributed by atoms with Crippen LogP contribution in [0.25, 0.3) is 0 Å². The third kappa shape index (κ3) is 5.99. The molecule has 2 aromatic heterocycles. The van der Waals surface area contributed by atoms with Crippen molar-refractivity contribution >= 4 is 23.6 Å². The van der Waals surface area contributed by atoms with Crippen LogP contribution in [0, 0.1) is 0 Å². The summed E-state index contributed by atoms with van der Waals surface area (Å²) in [5.41, 5.74) is 1.88. The summed E-state index contributed by atoms with van der Waals surface area (Å²) < 4.78 is 5.23. The van der Waals surface area contributed by atoms with Crippen molar-refractivity contribution in [1.29, 1.82) is 0 Å². The van der Waals surface area contributed by atoms with Crippen LogP contribution < -0.4 is 5.32 Å². The van der Waals surface area contributed by atoms with Gasteiger partial charge in [-0.2, -0.15) is 0 Å². The number of hydrogen-bond donors (Lipinski definition) is 1. The monoisotopic (exact) mass is 450 g/mol. The second-order valence-electron chi connectivity index (χ2n) is 7.56. The molecule has 3 aromatic rings. The molecule has 1 aliphatic heterocycles. The van der Waals surface area contributed by atoms with Crippen molar-refractivity contribution in [2.45, 2.75) is 18.0 Å². The third-order valence-corrected chi connectivity index (χ3v) is 6.40. The summed E-state index contributed by atoms with van der Waals surface area (Å²) in [5.74, 6) is 0.873. The van der Waals surface area contributed by atoms with Crippen molar-refractivity contribution in [3.63, 3.8) is 0 Å². The molecule has 1 saturated heterocycles. The Kier molecular flexibility index (Phi) is 7.58. The number of thioether (sulfide) groups is 1. The summed E-state index contributed by atoms with van der Waals surface area (Å²) in [6.07, 6.45) is 5.19. The number of carbonyl (C=O) groups is 2. The van der Waals surface area contributed by atoms with E-state index in [1.54, 1.807) is 24.7 Å². The van der Waals surface area contributed by atoms with Crippen LogP contribution in [-0.2, 0) is 17.9 Å². The fourth-order valence-corrected chi connectivity index (χ4v) is 4.46. The Morgan fingerprint density at radius 2 is 1.78 bits per heavy atom. The molecule has 7 nitrogen and oxygen atoms in total. The molecule has 1 aromatic carbocycles. The van der Waals surface area contributed by atoms with Crippen LogP contribution in [0.2, 0.25) is 0 Å². The van der Waals surface area contributed by atoms with Gasteiger partial charge in [-0.15, -0.1) is 11.8 Å². The third-order valence-electron chi connectivity index (χ3n) is 5.33. The first kappa shape index (κ1) is 22.1. The van der Waals surface area contributed by atoms with E-state index in [9.17, 15) is 9.59 Å². The summed E-state index contributed by atoms with van der Waals surface area (Å²) in [7, 11) is 0. The highest BCUT2D eigenvalue weighted by Crippen LogP contribution is 2.24. The Labute approximate surface area is 191 Å². The maximum atomic E-state index is 13.2. The molecule has 0 radical (unpaired) electrons. The predicted molar refractivity (Wildman–Crippen MR) is 123 cm³/mol. The molecule has 0 spiro atoms. The summed E-state index contributed by atoms with van der Waals surface area (Å²) >= 11 is 1.38. The van der Waals surface area contributed by atoms with E-state index < -0.39 is 0 Å². The lowest BCUT2D eigenvalue weighted by molar-refractivity contribution is -0.118. The number of nitrogens with zero attached hydrogens (tertiary/aromatic N) is 3. The number of furan rings is 1. The largest absolute Gasteiger partial charge is 0.467 e. The zero-order valence-corrected chi connectivity index (χ0v) is 18.6. The zero-order valence-electron chi connectivity index (χ0n) is 17.8. The fourth-order valence-electron chi connectivity index (χ4n) is 3.59. The normalized spacial score (nSPS) is 14.3. The quantitative estimate of drug-likeness (QED) is 0.532. The average Bonchev–Trinajstić information content (AvgIpc) is 3.36. The van der Waals surface area contributed by atoms with E-state index in [0.717, 1.165) is 24.5 Å². The first-order chi connectivity index (χ1) is 15.7. The van der Waals surface area contributed by atoms with Gasteiger partial charge in [-0.3, -0.25) is 19.5 Å². The molecule has 8 heteroatoms. The number of amides is 2. The molecule has 1 aliphatic rings. The highest BCUT2D eigenvalue weighted by Gasteiger charge is 2.24. The van der Waals surface area contributed by atoms with E-state index in [1.807, 2.05) is 47.4 Å². The van der Waals surface area contributed by atoms with Crippen LogP contribution in [0.15, 0.2) is 76.5 Å². The second kappa shape index (κ2) is 11.0. The standard InChI is InChI=1S/C24H26N4O3S/c29-23(26-16-20-4-3-15-31-20)18-32-22-6-2-1-5-21(22)24(30)28-13-11-27(12-14-28)17-19-7-9-25-10-8-19/h1-10,15H,11-14,16-18H2,(H,26,29). The van der Waals surface area contributed by atoms with Gasteiger partial charge in [-0.1, -0.05) is 12.1 Å². The van der Waals surface area contributed by atoms with Crippen LogP contribution in [0.5, 0.6) is 0 Å². The second-order valence-corrected chi connectivity index (χ2v) is 8.58. The van der Waals surface area contributed by atoms with Crippen LogP contribution in [0.4, 0.5) is 0 Å². The molecule has 0 bridgehead atoms. The van der Waals surface area contributed by atoms with Crippen molar-refractivity contribution < 1.29 is 14.0 Å². The predicted octanol–water partition coefficient (Wildman–Crippen LogP) is 3.04. The molecule has 0 unspecified atom stereocenters. The number of carbonyl (C=O) groups excluding carboxylic acids is 2. The van der Waals surface area contributed by atoms with Crippen molar-refractivity contribution in [3.05, 3.63) is 84.1 Å². The summed E-state index contributed by atoms with van der Waals surface area (Å²) in [4.78, 5) is 34.5. The summed E-state index contributed by atoms with van der Waals surface area (Å²) in [5, 5.41) is 2.83. The van der Waals surface area contributed by atoms with Gasteiger partial charge in [0.05, 0.1) is 24.1 Å². The number of hydrogen-bond acceptors (Lipinski definition) is 6. The Hall–Kier alpha value is -3.10. The minimum absolute atomic E-state index is 0.0210. The van der Waals surface area contributed by atoms with Gasteiger partial charge in [0.2, 0.25) is 5.91 Å².